The Kier molecular flexibility index (Phi) is 6.57. The molecule has 0 bridgehead atoms. The van der Waals surface area contributed by atoms with Crippen LogP contribution in [0.25, 0.3) is 11.5 Å². The highest BCUT2D eigenvalue weighted by atomic mass is 79.9. The average molecular weight is 455 g/mol. The molecule has 0 amide bonds. The highest BCUT2D eigenvalue weighted by Crippen LogP contribution is 2.21. The summed E-state index contributed by atoms with van der Waals surface area (Å²) in [4.78, 5) is 11.8. The standard InChI is InChI=1S/C18H13BrF2N2O3S/c19-13-4-1-12(15(21)7-13)9-27-10-17(24)25-8-16-22-23-18(26-16)11-2-5-14(20)6-3-11/h1-7H,8-10H2. The summed E-state index contributed by atoms with van der Waals surface area (Å²) < 4.78 is 37.7. The Labute approximate surface area is 166 Å². The molecule has 0 atom stereocenters. The average Bonchev–Trinajstić information content (AvgIpc) is 3.11. The second-order valence-corrected chi connectivity index (χ2v) is 7.30. The fourth-order valence-corrected chi connectivity index (χ4v) is 3.23. The molecular weight excluding hydrogens is 442 g/mol. The number of carbonyl (C=O) groups is 1. The lowest BCUT2D eigenvalue weighted by molar-refractivity contribution is -0.142. The highest BCUT2D eigenvalue weighted by molar-refractivity contribution is 9.10. The van der Waals surface area contributed by atoms with Gasteiger partial charge in [-0.15, -0.1) is 22.0 Å². The van der Waals surface area contributed by atoms with Gasteiger partial charge in [0.1, 0.15) is 11.6 Å². The third kappa shape index (κ3) is 5.61. The van der Waals surface area contributed by atoms with Crippen molar-refractivity contribution in [2.24, 2.45) is 0 Å². The summed E-state index contributed by atoms with van der Waals surface area (Å²) in [6.45, 7) is -0.166. The lowest BCUT2D eigenvalue weighted by Crippen LogP contribution is -2.07. The molecule has 0 aliphatic heterocycles. The van der Waals surface area contributed by atoms with Gasteiger partial charge in [-0.25, -0.2) is 8.78 Å². The van der Waals surface area contributed by atoms with Gasteiger partial charge in [-0.2, -0.15) is 0 Å². The molecule has 2 aromatic carbocycles. The van der Waals surface area contributed by atoms with Crippen LogP contribution in [-0.2, 0) is 21.9 Å². The van der Waals surface area contributed by atoms with Gasteiger partial charge in [0.25, 0.3) is 5.89 Å². The van der Waals surface area contributed by atoms with E-state index in [2.05, 4.69) is 26.1 Å². The quantitative estimate of drug-likeness (QED) is 0.479. The summed E-state index contributed by atoms with van der Waals surface area (Å²) in [6, 6.07) is 10.4. The topological polar surface area (TPSA) is 65.2 Å². The number of thioether (sulfide) groups is 1. The van der Waals surface area contributed by atoms with E-state index in [1.54, 1.807) is 12.1 Å². The van der Waals surface area contributed by atoms with E-state index in [4.69, 9.17) is 9.15 Å². The van der Waals surface area contributed by atoms with E-state index >= 15 is 0 Å². The van der Waals surface area contributed by atoms with Crippen molar-refractivity contribution < 1.29 is 22.7 Å². The molecule has 0 unspecified atom stereocenters. The highest BCUT2D eigenvalue weighted by Gasteiger charge is 2.12. The van der Waals surface area contributed by atoms with E-state index in [0.717, 1.165) is 0 Å². The Morgan fingerprint density at radius 1 is 1.15 bits per heavy atom. The predicted octanol–water partition coefficient (Wildman–Crippen LogP) is 4.75. The number of benzene rings is 2. The molecule has 1 aromatic heterocycles. The molecule has 1 heterocycles. The van der Waals surface area contributed by atoms with Crippen molar-refractivity contribution in [2.45, 2.75) is 12.4 Å². The van der Waals surface area contributed by atoms with E-state index in [-0.39, 0.29) is 35.8 Å². The molecule has 0 N–H and O–H groups in total. The van der Waals surface area contributed by atoms with Crippen molar-refractivity contribution in [1.29, 1.82) is 0 Å². The van der Waals surface area contributed by atoms with Gasteiger partial charge in [0.05, 0.1) is 5.75 Å². The zero-order valence-corrected chi connectivity index (χ0v) is 16.2. The molecule has 27 heavy (non-hydrogen) atoms. The summed E-state index contributed by atoms with van der Waals surface area (Å²) in [6.07, 6.45) is 0. The Bertz CT molecular complexity index is 935. The van der Waals surface area contributed by atoms with Gasteiger partial charge in [-0.3, -0.25) is 4.79 Å². The van der Waals surface area contributed by atoms with Crippen LogP contribution in [0.1, 0.15) is 11.5 Å². The molecule has 0 radical (unpaired) electrons. The number of halogens is 3. The van der Waals surface area contributed by atoms with E-state index in [9.17, 15) is 13.6 Å². The van der Waals surface area contributed by atoms with Crippen LogP contribution < -0.4 is 0 Å². The van der Waals surface area contributed by atoms with Crippen LogP contribution >= 0.6 is 27.7 Å². The number of rotatable bonds is 7. The number of aromatic nitrogens is 2. The van der Waals surface area contributed by atoms with E-state index in [1.807, 2.05) is 0 Å². The molecule has 0 saturated carbocycles. The number of hydrogen-bond donors (Lipinski definition) is 0. The molecule has 0 spiro atoms. The van der Waals surface area contributed by atoms with Crippen LogP contribution in [0.5, 0.6) is 0 Å². The van der Waals surface area contributed by atoms with Crippen LogP contribution in [0.3, 0.4) is 0 Å². The monoisotopic (exact) mass is 454 g/mol. The first-order chi connectivity index (χ1) is 13.0. The molecular formula is C18H13BrF2N2O3S. The molecule has 5 nitrogen and oxygen atoms in total. The minimum Gasteiger partial charge on any atom is -0.455 e. The van der Waals surface area contributed by atoms with E-state index in [0.29, 0.717) is 21.4 Å². The zero-order valence-electron chi connectivity index (χ0n) is 13.8. The first kappa shape index (κ1) is 19.5. The van der Waals surface area contributed by atoms with Crippen molar-refractivity contribution in [3.8, 4) is 11.5 Å². The van der Waals surface area contributed by atoms with Gasteiger partial charge in [-0.05, 0) is 42.0 Å². The summed E-state index contributed by atoms with van der Waals surface area (Å²) in [5, 5.41) is 7.62. The molecule has 140 valence electrons. The molecule has 0 saturated heterocycles. The minimum atomic E-state index is -0.473. The van der Waals surface area contributed by atoms with Crippen molar-refractivity contribution in [3.63, 3.8) is 0 Å². The van der Waals surface area contributed by atoms with E-state index in [1.165, 1.54) is 42.1 Å². The SMILES string of the molecule is O=C(CSCc1ccc(Br)cc1F)OCc1nnc(-c2ccc(F)cc2)o1. The minimum absolute atomic E-state index is 0.0639. The maximum absolute atomic E-state index is 13.7. The number of nitrogens with zero attached hydrogens (tertiary/aromatic N) is 2. The van der Waals surface area contributed by atoms with Gasteiger partial charge in [0, 0.05) is 15.8 Å². The van der Waals surface area contributed by atoms with Crippen LogP contribution in [0.2, 0.25) is 0 Å². The molecule has 3 aromatic rings. The first-order valence-electron chi connectivity index (χ1n) is 7.77. The summed E-state index contributed by atoms with van der Waals surface area (Å²) >= 11 is 4.43. The Morgan fingerprint density at radius 3 is 2.67 bits per heavy atom. The zero-order chi connectivity index (χ0) is 19.2. The van der Waals surface area contributed by atoms with Gasteiger partial charge in [0.15, 0.2) is 6.61 Å². The smallest absolute Gasteiger partial charge is 0.316 e. The van der Waals surface area contributed by atoms with E-state index < -0.39 is 5.97 Å². The third-order valence-electron chi connectivity index (χ3n) is 3.41. The largest absolute Gasteiger partial charge is 0.455 e. The van der Waals surface area contributed by atoms with Gasteiger partial charge >= 0.3 is 5.97 Å². The van der Waals surface area contributed by atoms with Crippen LogP contribution in [0, 0.1) is 11.6 Å². The van der Waals surface area contributed by atoms with Gasteiger partial charge in [-0.1, -0.05) is 22.0 Å². The second kappa shape index (κ2) is 9.09. The number of esters is 1. The Hall–Kier alpha value is -2.26. The fourth-order valence-electron chi connectivity index (χ4n) is 2.09. The van der Waals surface area contributed by atoms with Crippen LogP contribution in [0.15, 0.2) is 51.4 Å². The summed E-state index contributed by atoms with van der Waals surface area (Å²) in [5.74, 6) is -0.415. The molecule has 0 fully saturated rings. The lowest BCUT2D eigenvalue weighted by atomic mass is 10.2. The van der Waals surface area contributed by atoms with Crippen molar-refractivity contribution >= 4 is 33.7 Å². The fraction of sp³-hybridized carbons (Fsp3) is 0.167. The van der Waals surface area contributed by atoms with Crippen molar-refractivity contribution in [3.05, 3.63) is 70.0 Å². The number of carbonyl (C=O) groups excluding carboxylic acids is 1. The Balaban J connectivity index is 1.44. The molecule has 9 heteroatoms. The Morgan fingerprint density at radius 2 is 1.93 bits per heavy atom. The summed E-state index contributed by atoms with van der Waals surface area (Å²) in [7, 11) is 0. The third-order valence-corrected chi connectivity index (χ3v) is 4.86. The van der Waals surface area contributed by atoms with Crippen LogP contribution in [-0.4, -0.2) is 21.9 Å². The maximum atomic E-state index is 13.7. The second-order valence-electron chi connectivity index (χ2n) is 5.40. The van der Waals surface area contributed by atoms with Crippen molar-refractivity contribution in [1.82, 2.24) is 10.2 Å². The lowest BCUT2D eigenvalue weighted by Gasteiger charge is -2.04. The number of ether oxygens (including phenoxy) is 1. The number of hydrogen-bond acceptors (Lipinski definition) is 6. The first-order valence-corrected chi connectivity index (χ1v) is 9.71. The van der Waals surface area contributed by atoms with Gasteiger partial charge in [0.2, 0.25) is 5.89 Å². The van der Waals surface area contributed by atoms with Crippen LogP contribution in [0.4, 0.5) is 8.78 Å². The molecule has 0 aliphatic rings. The normalized spacial score (nSPS) is 10.8. The molecule has 0 aliphatic carbocycles. The van der Waals surface area contributed by atoms with Gasteiger partial charge < -0.3 is 9.15 Å². The predicted molar refractivity (Wildman–Crippen MR) is 99.8 cm³/mol. The van der Waals surface area contributed by atoms with Crippen molar-refractivity contribution in [2.75, 3.05) is 5.75 Å². The summed E-state index contributed by atoms with van der Waals surface area (Å²) in [5.41, 5.74) is 1.07. The maximum Gasteiger partial charge on any atom is 0.316 e. The molecule has 3 rings (SSSR count).